The van der Waals surface area contributed by atoms with Crippen LogP contribution in [0, 0.1) is 5.41 Å². The number of likely N-dealkylation sites (tertiary alicyclic amines) is 1. The van der Waals surface area contributed by atoms with Crippen molar-refractivity contribution in [3.05, 3.63) is 29.8 Å². The number of unbranched alkanes of at least 4 members (excludes halogenated alkanes) is 3. The van der Waals surface area contributed by atoms with E-state index in [4.69, 9.17) is 4.74 Å². The highest BCUT2D eigenvalue weighted by Gasteiger charge is 2.51. The number of imide groups is 1. The maximum Gasteiger partial charge on any atom is 0.302 e. The Balaban J connectivity index is 0.00000202. The molecule has 1 aromatic carbocycles. The number of anilines is 1. The van der Waals surface area contributed by atoms with Gasteiger partial charge in [0.15, 0.2) is 0 Å². The van der Waals surface area contributed by atoms with E-state index in [2.05, 4.69) is 21.7 Å². The van der Waals surface area contributed by atoms with Crippen molar-refractivity contribution in [3.63, 3.8) is 0 Å². The van der Waals surface area contributed by atoms with Gasteiger partial charge in [-0.2, -0.15) is 0 Å². The van der Waals surface area contributed by atoms with Gasteiger partial charge in [-0.15, -0.1) is 11.8 Å². The monoisotopic (exact) mass is 733 g/mol. The molecule has 3 rings (SSSR count). The Kier molecular flexibility index (Phi) is 20.8. The van der Waals surface area contributed by atoms with Crippen LogP contribution in [-0.4, -0.2) is 75.9 Å². The van der Waals surface area contributed by atoms with Crippen LogP contribution in [0.25, 0.3) is 0 Å². The largest absolute Gasteiger partial charge is 0.461 e. The molecule has 1 heterocycles. The van der Waals surface area contributed by atoms with Crippen molar-refractivity contribution in [1.82, 2.24) is 15.5 Å². The van der Waals surface area contributed by atoms with Crippen LogP contribution in [-0.2, 0) is 44.9 Å². The highest BCUT2D eigenvalue weighted by Crippen LogP contribution is 2.41. The Labute approximate surface area is 307 Å². The molecule has 1 aliphatic heterocycles. The molecule has 0 aromatic heterocycles. The Morgan fingerprint density at radius 2 is 1.61 bits per heavy atom. The van der Waals surface area contributed by atoms with Crippen LogP contribution in [0.2, 0.25) is 0 Å². The minimum atomic E-state index is -1.19. The predicted octanol–water partition coefficient (Wildman–Crippen LogP) is 4.61. The molecule has 13 nitrogen and oxygen atoms in total. The number of thioether (sulfide) groups is 1. The zero-order valence-corrected chi connectivity index (χ0v) is 32.2. The molecule has 2 atom stereocenters. The molecule has 2 unspecified atom stereocenters. The molecule has 0 radical (unpaired) electrons. The van der Waals surface area contributed by atoms with Gasteiger partial charge in [-0.3, -0.25) is 38.5 Å². The molecule has 1 aromatic rings. The van der Waals surface area contributed by atoms with Crippen molar-refractivity contribution in [2.45, 2.75) is 136 Å². The number of hydrogen-bond acceptors (Lipinski definition) is 9. The first-order valence-corrected chi connectivity index (χ1v) is 19.0. The van der Waals surface area contributed by atoms with Crippen LogP contribution in [0.15, 0.2) is 24.3 Å². The van der Waals surface area contributed by atoms with Gasteiger partial charge in [-0.25, -0.2) is 0 Å². The molecule has 0 bridgehead atoms. The molecule has 5 N–H and O–H groups in total. The Hall–Kier alpha value is -3.94. The van der Waals surface area contributed by atoms with Crippen molar-refractivity contribution in [1.29, 1.82) is 0 Å². The van der Waals surface area contributed by atoms with Crippen molar-refractivity contribution in [3.8, 4) is 0 Å². The van der Waals surface area contributed by atoms with Crippen LogP contribution in [0.5, 0.6) is 0 Å². The van der Waals surface area contributed by atoms with E-state index in [9.17, 15) is 33.6 Å². The van der Waals surface area contributed by atoms with E-state index < -0.39 is 17.4 Å². The summed E-state index contributed by atoms with van der Waals surface area (Å²) in [5.41, 5.74) is 4.61. The quantitative estimate of drug-likeness (QED) is 0.0722. The van der Waals surface area contributed by atoms with Gasteiger partial charge in [0.2, 0.25) is 35.4 Å². The minimum Gasteiger partial charge on any atom is -0.461 e. The number of carbonyl (C=O) groups is 7. The van der Waals surface area contributed by atoms with Crippen LogP contribution in [0.1, 0.15) is 118 Å². The third-order valence-electron chi connectivity index (χ3n) is 8.19. The molecule has 2 fully saturated rings. The summed E-state index contributed by atoms with van der Waals surface area (Å²) in [6, 6.07) is 6.12. The highest BCUT2D eigenvalue weighted by molar-refractivity contribution is 8.01. The zero-order valence-electron chi connectivity index (χ0n) is 31.4. The lowest BCUT2D eigenvalue weighted by molar-refractivity contribution is -0.151. The second kappa shape index (κ2) is 23.5. The first-order valence-electron chi connectivity index (χ1n) is 18.1. The molecule has 286 valence electrons. The van der Waals surface area contributed by atoms with Gasteiger partial charge >= 0.3 is 5.97 Å². The van der Waals surface area contributed by atoms with Gasteiger partial charge in [0, 0.05) is 39.0 Å². The lowest BCUT2D eigenvalue weighted by Gasteiger charge is -2.39. The number of nitrogens with one attached hydrogen (secondary N) is 3. The molecular weight excluding hydrogens is 675 g/mol. The summed E-state index contributed by atoms with van der Waals surface area (Å²) in [6.07, 6.45) is 5.90. The standard InChI is InChI=1S/C33H48N4O7S.C2H5NO.C2H6/c1-5-6-11-26(29(40)35-25-14-12-24(13-15-25)21-44-23(4)38)36-32(43)33(16-10-17-33)31(42)34-18-8-7-9-19-37-28(39)20-27(30(37)41)45-22(2)3;1-2(3)4;1-2/h12-15,22,26-27H,5-11,16-21H2,1-4H3,(H,34,42)(H,35,40)(H,36,43);1H3,(H2,3,4);1-2H3. The van der Waals surface area contributed by atoms with Crippen LogP contribution < -0.4 is 21.7 Å². The van der Waals surface area contributed by atoms with Crippen LogP contribution in [0.4, 0.5) is 5.69 Å². The van der Waals surface area contributed by atoms with E-state index in [0.29, 0.717) is 50.9 Å². The van der Waals surface area contributed by atoms with Crippen molar-refractivity contribution in [2.75, 3.05) is 18.4 Å². The second-order valence-electron chi connectivity index (χ2n) is 12.8. The number of primary amides is 1. The van der Waals surface area contributed by atoms with Gasteiger partial charge < -0.3 is 26.4 Å². The summed E-state index contributed by atoms with van der Waals surface area (Å²) in [5, 5.41) is 8.60. The lowest BCUT2D eigenvalue weighted by atomic mass is 9.67. The van der Waals surface area contributed by atoms with E-state index in [0.717, 1.165) is 31.2 Å². The number of carbonyl (C=O) groups excluding carboxylic acids is 7. The number of esters is 1. The summed E-state index contributed by atoms with van der Waals surface area (Å²) in [6.45, 7) is 13.6. The van der Waals surface area contributed by atoms with Gasteiger partial charge in [-0.05, 0) is 61.5 Å². The number of ether oxygens (including phenoxy) is 1. The average molecular weight is 734 g/mol. The van der Waals surface area contributed by atoms with Gasteiger partial charge in [0.1, 0.15) is 18.1 Å². The molecule has 1 saturated heterocycles. The van der Waals surface area contributed by atoms with Crippen molar-refractivity contribution >= 4 is 58.9 Å². The Morgan fingerprint density at radius 1 is 0.980 bits per heavy atom. The third-order valence-corrected chi connectivity index (χ3v) is 9.43. The summed E-state index contributed by atoms with van der Waals surface area (Å²) in [5.74, 6) is -2.06. The maximum absolute atomic E-state index is 13.5. The normalized spacial score (nSPS) is 16.4. The summed E-state index contributed by atoms with van der Waals surface area (Å²) < 4.78 is 4.99. The number of hydrogen-bond donors (Lipinski definition) is 4. The average Bonchev–Trinajstić information content (AvgIpc) is 3.30. The molecule has 2 aliphatic rings. The molecule has 51 heavy (non-hydrogen) atoms. The van der Waals surface area contributed by atoms with Crippen molar-refractivity contribution in [2.24, 2.45) is 11.1 Å². The fraction of sp³-hybridized carbons (Fsp3) is 0.649. The van der Waals surface area contributed by atoms with E-state index in [-0.39, 0.29) is 59.0 Å². The van der Waals surface area contributed by atoms with E-state index in [1.54, 1.807) is 24.3 Å². The summed E-state index contributed by atoms with van der Waals surface area (Å²) in [4.78, 5) is 86.3. The lowest BCUT2D eigenvalue weighted by Crippen LogP contribution is -2.58. The minimum absolute atomic E-state index is 0.106. The zero-order chi connectivity index (χ0) is 38.6. The second-order valence-corrected chi connectivity index (χ2v) is 14.5. The van der Waals surface area contributed by atoms with Crippen molar-refractivity contribution < 1.29 is 38.3 Å². The number of nitrogens with two attached hydrogens (primary N) is 1. The van der Waals surface area contributed by atoms with Crippen LogP contribution in [0.3, 0.4) is 0 Å². The fourth-order valence-electron chi connectivity index (χ4n) is 5.43. The maximum atomic E-state index is 13.5. The number of nitrogens with zero attached hydrogens (tertiary/aromatic N) is 1. The third kappa shape index (κ3) is 15.5. The number of rotatable bonds is 18. The van der Waals surface area contributed by atoms with Gasteiger partial charge in [0.05, 0.1) is 5.25 Å². The Morgan fingerprint density at radius 3 is 2.14 bits per heavy atom. The predicted molar refractivity (Wildman–Crippen MR) is 199 cm³/mol. The molecule has 14 heteroatoms. The van der Waals surface area contributed by atoms with E-state index >= 15 is 0 Å². The van der Waals surface area contributed by atoms with Crippen LogP contribution >= 0.6 is 11.8 Å². The van der Waals surface area contributed by atoms with Gasteiger partial charge in [-0.1, -0.05) is 66.0 Å². The first kappa shape index (κ1) is 45.1. The number of amides is 6. The van der Waals surface area contributed by atoms with E-state index in [1.165, 1.54) is 30.5 Å². The molecular formula is C37H59N5O8S. The molecule has 1 saturated carbocycles. The SMILES string of the molecule is CC.CC(N)=O.CCCCC(NC(=O)C1(C(=O)NCCCCCN2C(=O)CC(SC(C)C)C2=O)CCC1)C(=O)Nc1ccc(COC(C)=O)cc1. The topological polar surface area (TPSA) is 194 Å². The first-order chi connectivity index (χ1) is 24.2. The summed E-state index contributed by atoms with van der Waals surface area (Å²) >= 11 is 1.52. The molecule has 6 amide bonds. The molecule has 0 spiro atoms. The Bertz CT molecular complexity index is 1310. The number of benzene rings is 1. The highest BCUT2D eigenvalue weighted by atomic mass is 32.2. The van der Waals surface area contributed by atoms with Gasteiger partial charge in [0.25, 0.3) is 0 Å². The summed E-state index contributed by atoms with van der Waals surface area (Å²) in [7, 11) is 0. The smallest absolute Gasteiger partial charge is 0.302 e. The molecule has 1 aliphatic carbocycles. The fourth-order valence-corrected chi connectivity index (χ4v) is 6.56. The van der Waals surface area contributed by atoms with E-state index in [1.807, 2.05) is 34.6 Å².